The number of carbonyl (C=O) groups excluding carboxylic acids is 3. The van der Waals surface area contributed by atoms with Crippen molar-refractivity contribution in [2.45, 2.75) is 32.7 Å². The molecule has 3 fully saturated rings. The molecule has 2 bridgehead atoms. The third-order valence-electron chi connectivity index (χ3n) is 9.14. The molecule has 4 aliphatic carbocycles. The lowest BCUT2D eigenvalue weighted by molar-refractivity contribution is -0.146. The first-order valence-electron chi connectivity index (χ1n) is 14.1. The Morgan fingerprint density at radius 1 is 0.850 bits per heavy atom. The van der Waals surface area contributed by atoms with Crippen LogP contribution in [0.5, 0.6) is 11.5 Å². The van der Waals surface area contributed by atoms with Crippen LogP contribution in [0.4, 0.5) is 5.69 Å². The summed E-state index contributed by atoms with van der Waals surface area (Å²) >= 11 is 0. The van der Waals surface area contributed by atoms with Crippen LogP contribution in [-0.2, 0) is 20.8 Å². The van der Waals surface area contributed by atoms with E-state index in [9.17, 15) is 14.4 Å². The van der Waals surface area contributed by atoms with E-state index < -0.39 is 6.04 Å². The highest BCUT2D eigenvalue weighted by Gasteiger charge is 2.67. The maximum atomic E-state index is 13.8. The summed E-state index contributed by atoms with van der Waals surface area (Å²) in [4.78, 5) is 42.8. The van der Waals surface area contributed by atoms with E-state index in [0.717, 1.165) is 28.9 Å². The molecule has 3 amide bonds. The lowest BCUT2D eigenvalue weighted by Gasteiger charge is -2.37. The molecule has 6 heteroatoms. The number of amides is 3. The van der Waals surface area contributed by atoms with Crippen molar-refractivity contribution >= 4 is 23.4 Å². The van der Waals surface area contributed by atoms with Crippen molar-refractivity contribution < 1.29 is 19.1 Å². The first kappa shape index (κ1) is 24.8. The normalized spacial score (nSPS) is 28.2. The van der Waals surface area contributed by atoms with Crippen LogP contribution in [0.2, 0.25) is 0 Å². The van der Waals surface area contributed by atoms with Crippen LogP contribution in [0, 0.1) is 49.4 Å². The molecule has 0 aromatic heterocycles. The van der Waals surface area contributed by atoms with Crippen molar-refractivity contribution in [3.05, 3.63) is 102 Å². The van der Waals surface area contributed by atoms with E-state index >= 15 is 0 Å². The van der Waals surface area contributed by atoms with E-state index in [1.54, 1.807) is 24.3 Å². The summed E-state index contributed by atoms with van der Waals surface area (Å²) in [7, 11) is 0. The first-order valence-corrected chi connectivity index (χ1v) is 14.1. The third kappa shape index (κ3) is 4.23. The lowest BCUT2D eigenvalue weighted by atomic mass is 9.63. The molecule has 2 saturated carbocycles. The van der Waals surface area contributed by atoms with Crippen LogP contribution in [0.15, 0.2) is 84.9 Å². The van der Waals surface area contributed by atoms with Gasteiger partial charge < -0.3 is 10.1 Å². The van der Waals surface area contributed by atoms with Gasteiger partial charge in [0, 0.05) is 12.1 Å². The second kappa shape index (κ2) is 9.47. The lowest BCUT2D eigenvalue weighted by Crippen LogP contribution is -2.49. The van der Waals surface area contributed by atoms with E-state index in [1.165, 1.54) is 4.90 Å². The Labute approximate surface area is 234 Å². The number of benzene rings is 3. The summed E-state index contributed by atoms with van der Waals surface area (Å²) in [6, 6.07) is 21.9. The highest BCUT2D eigenvalue weighted by molar-refractivity contribution is 6.10. The van der Waals surface area contributed by atoms with Gasteiger partial charge in [-0.2, -0.15) is 0 Å². The Morgan fingerprint density at radius 3 is 2.05 bits per heavy atom. The molecular formula is C34H32N2O4. The van der Waals surface area contributed by atoms with Crippen LogP contribution in [0.3, 0.4) is 0 Å². The highest BCUT2D eigenvalue weighted by Crippen LogP contribution is 2.65. The molecule has 6 nitrogen and oxygen atoms in total. The van der Waals surface area contributed by atoms with Crippen molar-refractivity contribution in [1.82, 2.24) is 4.90 Å². The van der Waals surface area contributed by atoms with Crippen LogP contribution in [0.1, 0.15) is 23.1 Å². The molecule has 40 heavy (non-hydrogen) atoms. The van der Waals surface area contributed by atoms with Gasteiger partial charge in [0.05, 0.1) is 11.8 Å². The number of aryl methyl sites for hydroxylation is 2. The van der Waals surface area contributed by atoms with Gasteiger partial charge in [-0.05, 0) is 97.0 Å². The number of likely N-dealkylation sites (tertiary alicyclic amines) is 1. The third-order valence-corrected chi connectivity index (χ3v) is 9.14. The number of imide groups is 1. The van der Waals surface area contributed by atoms with Gasteiger partial charge in [-0.25, -0.2) is 0 Å². The van der Waals surface area contributed by atoms with Crippen molar-refractivity contribution in [3.8, 4) is 11.5 Å². The Bertz CT molecular complexity index is 1470. The molecule has 0 spiro atoms. The van der Waals surface area contributed by atoms with Gasteiger partial charge >= 0.3 is 0 Å². The van der Waals surface area contributed by atoms with Gasteiger partial charge in [-0.15, -0.1) is 0 Å². The zero-order chi connectivity index (χ0) is 27.5. The SMILES string of the molecule is Cc1cc(C)cc(Oc2ccc(NC(=O)[C@H](Cc3ccccc3)N3C(=O)[C@@H]4[C@H]5C=C[C@@H]([C@@H]6C[C@@H]56)[C@@H]4C3=O)cc2)c1. The molecule has 0 unspecified atom stereocenters. The maximum absolute atomic E-state index is 13.8. The molecule has 1 N–H and O–H groups in total. The van der Waals surface area contributed by atoms with Crippen molar-refractivity contribution in [2.75, 3.05) is 5.32 Å². The number of nitrogens with one attached hydrogen (secondary N) is 1. The fourth-order valence-electron chi connectivity index (χ4n) is 7.39. The smallest absolute Gasteiger partial charge is 0.248 e. The molecule has 1 aliphatic heterocycles. The minimum absolute atomic E-state index is 0.117. The van der Waals surface area contributed by atoms with E-state index in [4.69, 9.17) is 4.74 Å². The number of ether oxygens (including phenoxy) is 1. The molecule has 5 aliphatic rings. The van der Waals surface area contributed by atoms with Crippen LogP contribution >= 0.6 is 0 Å². The summed E-state index contributed by atoms with van der Waals surface area (Å²) in [5.74, 6) is 1.26. The van der Waals surface area contributed by atoms with Gasteiger partial charge in [0.1, 0.15) is 17.5 Å². The number of nitrogens with zero attached hydrogens (tertiary/aromatic N) is 1. The molecule has 0 radical (unpaired) electrons. The van der Waals surface area contributed by atoms with Crippen LogP contribution in [0.25, 0.3) is 0 Å². The average Bonchev–Trinajstić information content (AvgIpc) is 3.72. The Kier molecular flexibility index (Phi) is 5.88. The van der Waals surface area contributed by atoms with E-state index in [0.29, 0.717) is 23.3 Å². The van der Waals surface area contributed by atoms with Crippen molar-refractivity contribution in [1.29, 1.82) is 0 Å². The monoisotopic (exact) mass is 532 g/mol. The minimum atomic E-state index is -0.921. The second-order valence-corrected chi connectivity index (χ2v) is 11.8. The number of allylic oxidation sites excluding steroid dienone is 2. The minimum Gasteiger partial charge on any atom is -0.457 e. The molecule has 202 valence electrons. The predicted molar refractivity (Wildman–Crippen MR) is 152 cm³/mol. The van der Waals surface area contributed by atoms with E-state index in [1.807, 2.05) is 56.3 Å². The standard InChI is InChI=1S/C34H32N2O4/c1-19-14-20(2)16-24(15-19)40-23-10-8-22(9-11-23)35-32(37)29(17-21-6-4-3-5-7-21)36-33(38)30-25-12-13-26(28-18-27(25)28)31(30)34(36)39/h3-16,25-31H,17-18H2,1-2H3,(H,35,37)/t25-,26-,27-,28-,29-,30-,31+/m0/s1. The van der Waals surface area contributed by atoms with Crippen molar-refractivity contribution in [3.63, 3.8) is 0 Å². The van der Waals surface area contributed by atoms with Crippen LogP contribution in [-0.4, -0.2) is 28.7 Å². The summed E-state index contributed by atoms with van der Waals surface area (Å²) in [6.07, 6.45) is 5.69. The molecule has 1 heterocycles. The molecule has 1 saturated heterocycles. The largest absolute Gasteiger partial charge is 0.457 e. The summed E-state index contributed by atoms with van der Waals surface area (Å²) in [5, 5.41) is 2.97. The number of rotatable bonds is 7. The zero-order valence-corrected chi connectivity index (χ0v) is 22.6. The molecular weight excluding hydrogens is 500 g/mol. The summed E-state index contributed by atoms with van der Waals surface area (Å²) in [5.41, 5.74) is 3.72. The molecule has 7 atom stereocenters. The maximum Gasteiger partial charge on any atom is 0.248 e. The number of anilines is 1. The quantitative estimate of drug-likeness (QED) is 0.313. The number of hydrogen-bond donors (Lipinski definition) is 1. The van der Waals surface area contributed by atoms with E-state index in [-0.39, 0.29) is 47.8 Å². The van der Waals surface area contributed by atoms with Crippen molar-refractivity contribution in [2.24, 2.45) is 35.5 Å². The van der Waals surface area contributed by atoms with Gasteiger partial charge in [0.25, 0.3) is 0 Å². The molecule has 3 aromatic carbocycles. The molecule has 8 rings (SSSR count). The number of hydrogen-bond acceptors (Lipinski definition) is 4. The first-order chi connectivity index (χ1) is 19.4. The number of carbonyl (C=O) groups is 3. The predicted octanol–water partition coefficient (Wildman–Crippen LogP) is 5.70. The van der Waals surface area contributed by atoms with E-state index in [2.05, 4.69) is 23.5 Å². The highest BCUT2D eigenvalue weighted by atomic mass is 16.5. The topological polar surface area (TPSA) is 75.7 Å². The Balaban J connectivity index is 1.12. The summed E-state index contributed by atoms with van der Waals surface area (Å²) < 4.78 is 6.01. The van der Waals surface area contributed by atoms with Gasteiger partial charge in [0.15, 0.2) is 0 Å². The Hall–Kier alpha value is -4.19. The second-order valence-electron chi connectivity index (χ2n) is 11.8. The van der Waals surface area contributed by atoms with Gasteiger partial charge in [-0.1, -0.05) is 48.6 Å². The van der Waals surface area contributed by atoms with Gasteiger partial charge in [0.2, 0.25) is 17.7 Å². The fraction of sp³-hybridized carbons (Fsp3) is 0.324. The summed E-state index contributed by atoms with van der Waals surface area (Å²) in [6.45, 7) is 4.05. The average molecular weight is 533 g/mol. The zero-order valence-electron chi connectivity index (χ0n) is 22.6. The fourth-order valence-corrected chi connectivity index (χ4v) is 7.39. The van der Waals surface area contributed by atoms with Gasteiger partial charge in [-0.3, -0.25) is 19.3 Å². The Morgan fingerprint density at radius 2 is 1.45 bits per heavy atom. The molecule has 3 aromatic rings. The van der Waals surface area contributed by atoms with Crippen LogP contribution < -0.4 is 10.1 Å².